The van der Waals surface area contributed by atoms with Crippen molar-refractivity contribution in [3.63, 3.8) is 0 Å². The quantitative estimate of drug-likeness (QED) is 0.289. The van der Waals surface area contributed by atoms with E-state index in [1.807, 2.05) is 36.1 Å². The second kappa shape index (κ2) is 10.7. The van der Waals surface area contributed by atoms with Crippen LogP contribution in [0.15, 0.2) is 61.2 Å². The molecule has 0 radical (unpaired) electrons. The number of H-pyrrole nitrogens is 1. The molecule has 1 fully saturated rings. The van der Waals surface area contributed by atoms with Crippen LogP contribution in [-0.2, 0) is 16.0 Å². The van der Waals surface area contributed by atoms with Gasteiger partial charge < -0.3 is 19.7 Å². The van der Waals surface area contributed by atoms with Crippen LogP contribution in [0, 0.1) is 12.7 Å². The number of aromatic nitrogens is 5. The van der Waals surface area contributed by atoms with Crippen molar-refractivity contribution in [3.8, 4) is 0 Å². The first-order chi connectivity index (χ1) is 19.0. The summed E-state index contributed by atoms with van der Waals surface area (Å²) in [7, 11) is 0. The third kappa shape index (κ3) is 5.24. The lowest BCUT2D eigenvalue weighted by Crippen LogP contribution is -2.44. The van der Waals surface area contributed by atoms with Crippen LogP contribution in [0.3, 0.4) is 0 Å². The zero-order valence-corrected chi connectivity index (χ0v) is 21.2. The molecule has 3 N–H and O–H groups in total. The van der Waals surface area contributed by atoms with E-state index in [0.717, 1.165) is 34.3 Å². The van der Waals surface area contributed by atoms with Crippen LogP contribution in [-0.4, -0.2) is 63.3 Å². The average molecular weight is 531 g/mol. The van der Waals surface area contributed by atoms with Gasteiger partial charge in [0.05, 0.1) is 42.9 Å². The van der Waals surface area contributed by atoms with Crippen molar-refractivity contribution in [2.75, 3.05) is 36.6 Å². The smallest absolute Gasteiger partial charge is 0.411 e. The van der Waals surface area contributed by atoms with E-state index in [9.17, 15) is 9.18 Å². The summed E-state index contributed by atoms with van der Waals surface area (Å²) in [5, 5.41) is 18.5. The lowest BCUT2D eigenvalue weighted by Gasteiger charge is -2.25. The van der Waals surface area contributed by atoms with E-state index in [0.29, 0.717) is 36.8 Å². The predicted octanol–water partition coefficient (Wildman–Crippen LogP) is 3.93. The summed E-state index contributed by atoms with van der Waals surface area (Å²) in [5.74, 6) is 0.281. The number of amides is 1. The fourth-order valence-electron chi connectivity index (χ4n) is 4.72. The monoisotopic (exact) mass is 530 g/mol. The maximum absolute atomic E-state index is 14.1. The highest BCUT2D eigenvalue weighted by atomic mass is 19.1. The third-order valence-corrected chi connectivity index (χ3v) is 6.68. The molecule has 11 nitrogen and oxygen atoms in total. The van der Waals surface area contributed by atoms with Crippen molar-refractivity contribution < 1.29 is 18.7 Å². The molecule has 200 valence electrons. The fourth-order valence-corrected chi connectivity index (χ4v) is 4.72. The molecule has 39 heavy (non-hydrogen) atoms. The maximum atomic E-state index is 14.1. The Hall–Kier alpha value is -4.55. The number of nitrogens with zero attached hydrogens (tertiary/aromatic N) is 5. The minimum Gasteiger partial charge on any atom is -0.448 e. The molecule has 0 aliphatic carbocycles. The van der Waals surface area contributed by atoms with E-state index in [1.165, 1.54) is 18.5 Å². The van der Waals surface area contributed by atoms with Crippen LogP contribution in [0.25, 0.3) is 16.4 Å². The summed E-state index contributed by atoms with van der Waals surface area (Å²) in [6.07, 6.45) is 4.35. The predicted molar refractivity (Wildman–Crippen MR) is 144 cm³/mol. The number of fused-ring (bicyclic) bond motifs is 2. The minimum absolute atomic E-state index is 0.0416. The van der Waals surface area contributed by atoms with Crippen LogP contribution < -0.4 is 15.5 Å². The Balaban J connectivity index is 1.34. The van der Waals surface area contributed by atoms with E-state index in [-0.39, 0.29) is 18.5 Å². The van der Waals surface area contributed by atoms with Crippen LogP contribution in [0.4, 0.5) is 26.4 Å². The molecule has 12 heteroatoms. The van der Waals surface area contributed by atoms with Gasteiger partial charge in [0.25, 0.3) is 0 Å². The molecule has 0 saturated carbocycles. The number of ether oxygens (including phenoxy) is 2. The molecule has 5 aromatic rings. The molecule has 6 rings (SSSR count). The minimum atomic E-state index is -0.571. The number of morpholine rings is 1. The lowest BCUT2D eigenvalue weighted by molar-refractivity contribution is 0.0494. The van der Waals surface area contributed by atoms with Gasteiger partial charge >= 0.3 is 6.09 Å². The molecule has 0 unspecified atom stereocenters. The number of carbonyl (C=O) groups is 1. The van der Waals surface area contributed by atoms with Crippen LogP contribution in [0.2, 0.25) is 0 Å². The first-order valence-electron chi connectivity index (χ1n) is 12.6. The molecule has 3 aromatic heterocycles. The Labute approximate surface area is 222 Å². The number of benzene rings is 2. The largest absolute Gasteiger partial charge is 0.448 e. The summed E-state index contributed by atoms with van der Waals surface area (Å²) >= 11 is 0. The van der Waals surface area contributed by atoms with E-state index in [1.54, 1.807) is 23.0 Å². The molecule has 1 amide bonds. The van der Waals surface area contributed by atoms with Gasteiger partial charge in [0.2, 0.25) is 0 Å². The topological polar surface area (TPSA) is 122 Å². The van der Waals surface area contributed by atoms with Crippen molar-refractivity contribution in [1.29, 1.82) is 0 Å². The van der Waals surface area contributed by atoms with Gasteiger partial charge in [0.1, 0.15) is 24.3 Å². The lowest BCUT2D eigenvalue weighted by atomic mass is 10.1. The van der Waals surface area contributed by atoms with Gasteiger partial charge in [0, 0.05) is 29.7 Å². The van der Waals surface area contributed by atoms with Crippen molar-refractivity contribution >= 4 is 39.7 Å². The molecular formula is C27H27FN8O3. The number of nitrogens with one attached hydrogen (secondary N) is 3. The van der Waals surface area contributed by atoms with Gasteiger partial charge in [-0.15, -0.1) is 0 Å². The fraction of sp³-hybridized carbons (Fsp3) is 0.259. The number of hydrogen-bond donors (Lipinski definition) is 3. The van der Waals surface area contributed by atoms with E-state index < -0.39 is 6.09 Å². The van der Waals surface area contributed by atoms with Crippen molar-refractivity contribution in [2.24, 2.45) is 0 Å². The number of anilines is 3. The van der Waals surface area contributed by atoms with Gasteiger partial charge in [-0.1, -0.05) is 12.1 Å². The molecule has 1 aliphatic heterocycles. The molecule has 1 saturated heterocycles. The number of rotatable bonds is 7. The summed E-state index contributed by atoms with van der Waals surface area (Å²) in [6.45, 7) is 4.29. The summed E-state index contributed by atoms with van der Waals surface area (Å²) in [6, 6.07) is 12.3. The van der Waals surface area contributed by atoms with Gasteiger partial charge in [-0.3, -0.25) is 10.4 Å². The first-order valence-corrected chi connectivity index (χ1v) is 12.6. The SMILES string of the molecule is Cc1c(NC(=O)OC[C@H]2COCCN2)cn2ncnc(N(Cc3cccc(F)c3)c3ccc4[nH]ncc4c3)c12. The second-order valence-corrected chi connectivity index (χ2v) is 9.35. The average Bonchev–Trinajstić information content (AvgIpc) is 3.55. The van der Waals surface area contributed by atoms with Gasteiger partial charge in [-0.05, 0) is 42.8 Å². The number of aromatic amines is 1. The van der Waals surface area contributed by atoms with Crippen molar-refractivity contribution in [2.45, 2.75) is 19.5 Å². The Morgan fingerprint density at radius 3 is 3.08 bits per heavy atom. The third-order valence-electron chi connectivity index (χ3n) is 6.68. The number of hydrogen-bond acceptors (Lipinski definition) is 8. The Kier molecular flexibility index (Phi) is 6.78. The normalized spacial score (nSPS) is 15.5. The summed E-state index contributed by atoms with van der Waals surface area (Å²) < 4.78 is 26.6. The highest BCUT2D eigenvalue weighted by molar-refractivity contribution is 5.91. The zero-order chi connectivity index (χ0) is 26.8. The van der Waals surface area contributed by atoms with Gasteiger partial charge in [0.15, 0.2) is 5.82 Å². The van der Waals surface area contributed by atoms with Crippen LogP contribution >= 0.6 is 0 Å². The number of halogens is 1. The standard InChI is InChI=1S/C27H27FN8O3/c1-17-24(33-27(37)39-15-21-14-38-8-7-29-21)13-36-25(17)26(30-16-32-36)35(12-18-3-2-4-20(28)9-18)22-5-6-23-19(10-22)11-31-34-23/h2-6,9-11,13,16,21,29H,7-8,12,14-15H2,1H3,(H,31,34)(H,33,37)/t21-/m1/s1. The molecule has 0 spiro atoms. The van der Waals surface area contributed by atoms with Crippen LogP contribution in [0.1, 0.15) is 11.1 Å². The Morgan fingerprint density at radius 1 is 1.31 bits per heavy atom. The van der Waals surface area contributed by atoms with Crippen LogP contribution in [0.5, 0.6) is 0 Å². The van der Waals surface area contributed by atoms with Gasteiger partial charge in [-0.2, -0.15) is 10.2 Å². The van der Waals surface area contributed by atoms with E-state index in [4.69, 9.17) is 9.47 Å². The maximum Gasteiger partial charge on any atom is 0.411 e. The highest BCUT2D eigenvalue weighted by Crippen LogP contribution is 2.35. The van der Waals surface area contributed by atoms with E-state index in [2.05, 4.69) is 30.9 Å². The van der Waals surface area contributed by atoms with Gasteiger partial charge in [-0.25, -0.2) is 18.7 Å². The number of aryl methyl sites for hydroxylation is 1. The molecular weight excluding hydrogens is 503 g/mol. The summed E-state index contributed by atoms with van der Waals surface area (Å²) in [4.78, 5) is 19.2. The molecule has 4 heterocycles. The first kappa shape index (κ1) is 24.8. The summed E-state index contributed by atoms with van der Waals surface area (Å²) in [5.41, 5.74) is 4.51. The van der Waals surface area contributed by atoms with Crippen molar-refractivity contribution in [1.82, 2.24) is 30.1 Å². The highest BCUT2D eigenvalue weighted by Gasteiger charge is 2.22. The number of carbonyl (C=O) groups excluding carboxylic acids is 1. The zero-order valence-electron chi connectivity index (χ0n) is 21.2. The molecule has 1 aliphatic rings. The van der Waals surface area contributed by atoms with Crippen molar-refractivity contribution in [3.05, 3.63) is 78.1 Å². The molecule has 0 bridgehead atoms. The Bertz CT molecular complexity index is 1630. The van der Waals surface area contributed by atoms with E-state index >= 15 is 0 Å². The Morgan fingerprint density at radius 2 is 2.23 bits per heavy atom. The molecule has 2 aromatic carbocycles. The molecule has 1 atom stereocenters. The second-order valence-electron chi connectivity index (χ2n) is 9.35.